The average molecular weight is 370 g/mol. The molecule has 1 heterocycles. The van der Waals surface area contributed by atoms with E-state index in [0.29, 0.717) is 17.3 Å². The molecule has 0 saturated heterocycles. The van der Waals surface area contributed by atoms with Crippen molar-refractivity contribution in [2.75, 3.05) is 18.4 Å². The molecule has 1 aromatic heterocycles. The van der Waals surface area contributed by atoms with Gasteiger partial charge in [-0.15, -0.1) is 0 Å². The highest BCUT2D eigenvalue weighted by Crippen LogP contribution is 2.34. The number of fused-ring (bicyclic) bond motifs is 1. The summed E-state index contributed by atoms with van der Waals surface area (Å²) in [5.41, 5.74) is 4.64. The summed E-state index contributed by atoms with van der Waals surface area (Å²) in [6.07, 6.45) is 1.85. The first-order valence-electron chi connectivity index (χ1n) is 8.88. The zero-order valence-electron chi connectivity index (χ0n) is 15.4. The van der Waals surface area contributed by atoms with E-state index in [4.69, 9.17) is 11.6 Å². The highest BCUT2D eigenvalue weighted by atomic mass is 35.5. The van der Waals surface area contributed by atoms with Gasteiger partial charge in [-0.2, -0.15) is 0 Å². The lowest BCUT2D eigenvalue weighted by Gasteiger charge is -2.20. The van der Waals surface area contributed by atoms with E-state index < -0.39 is 0 Å². The quantitative estimate of drug-likeness (QED) is 0.564. The fourth-order valence-electron chi connectivity index (χ4n) is 3.08. The van der Waals surface area contributed by atoms with Crippen molar-refractivity contribution in [1.29, 1.82) is 0 Å². The number of phenols is 1. The fourth-order valence-corrected chi connectivity index (χ4v) is 3.34. The molecule has 0 bridgehead atoms. The first kappa shape index (κ1) is 18.5. The molecule has 0 aliphatic rings. The van der Waals surface area contributed by atoms with Gasteiger partial charge in [0, 0.05) is 29.4 Å². The van der Waals surface area contributed by atoms with Crippen LogP contribution < -0.4 is 5.32 Å². The molecule has 0 fully saturated rings. The van der Waals surface area contributed by atoms with E-state index in [1.165, 1.54) is 0 Å². The molecule has 2 aromatic carbocycles. The monoisotopic (exact) mass is 369 g/mol. The smallest absolute Gasteiger partial charge is 0.120 e. The maximum absolute atomic E-state index is 10.2. The molecule has 2 N–H and O–H groups in total. The topological polar surface area (TPSA) is 48.4 Å². The number of pyridine rings is 1. The highest BCUT2D eigenvalue weighted by molar-refractivity contribution is 6.36. The van der Waals surface area contributed by atoms with Gasteiger partial charge >= 0.3 is 0 Å². The molecule has 26 heavy (non-hydrogen) atoms. The number of anilines is 2. The number of hydrogen-bond donors (Lipinski definition) is 2. The molecular weight excluding hydrogens is 346 g/mol. The summed E-state index contributed by atoms with van der Waals surface area (Å²) < 4.78 is 0. The summed E-state index contributed by atoms with van der Waals surface area (Å²) in [7, 11) is 0. The summed E-state index contributed by atoms with van der Waals surface area (Å²) in [5, 5.41) is 15.3. The second kappa shape index (κ2) is 7.94. The summed E-state index contributed by atoms with van der Waals surface area (Å²) in [4.78, 5) is 6.73. The van der Waals surface area contributed by atoms with E-state index in [2.05, 4.69) is 29.0 Å². The van der Waals surface area contributed by atoms with E-state index in [1.54, 1.807) is 6.07 Å². The van der Waals surface area contributed by atoms with Gasteiger partial charge in [0.25, 0.3) is 0 Å². The Bertz CT molecular complexity index is 923. The van der Waals surface area contributed by atoms with Crippen molar-refractivity contribution in [2.45, 2.75) is 27.3 Å². The van der Waals surface area contributed by atoms with Crippen molar-refractivity contribution in [1.82, 2.24) is 9.88 Å². The Hall–Kier alpha value is -2.30. The van der Waals surface area contributed by atoms with Gasteiger partial charge in [-0.1, -0.05) is 31.5 Å². The van der Waals surface area contributed by atoms with Gasteiger partial charge in [-0.05, 0) is 55.9 Å². The molecule has 136 valence electrons. The molecule has 3 rings (SSSR count). The number of rotatable bonds is 6. The van der Waals surface area contributed by atoms with Crippen LogP contribution >= 0.6 is 11.6 Å². The Labute approximate surface area is 159 Å². The van der Waals surface area contributed by atoms with E-state index in [1.807, 2.05) is 43.5 Å². The van der Waals surface area contributed by atoms with E-state index in [-0.39, 0.29) is 0 Å². The number of nitrogens with zero attached hydrogens (tertiary/aromatic N) is 2. The number of halogens is 1. The molecule has 0 unspecified atom stereocenters. The van der Waals surface area contributed by atoms with Crippen LogP contribution in [0.4, 0.5) is 11.4 Å². The lowest BCUT2D eigenvalue weighted by Crippen LogP contribution is -2.22. The average Bonchev–Trinajstić information content (AvgIpc) is 2.64. The number of aryl methyl sites for hydroxylation is 1. The minimum absolute atomic E-state index is 0.316. The fraction of sp³-hybridized carbons (Fsp3) is 0.286. The normalized spacial score (nSPS) is 11.3. The molecule has 0 saturated carbocycles. The molecular formula is C21H24ClN3O. The SMILES string of the molecule is CCN(CC)Cc1cc(Nc2c(C)cnc3cccc(Cl)c23)ccc1O. The van der Waals surface area contributed by atoms with E-state index in [9.17, 15) is 5.11 Å². The zero-order valence-corrected chi connectivity index (χ0v) is 16.1. The predicted octanol–water partition coefficient (Wildman–Crippen LogP) is 5.49. The van der Waals surface area contributed by atoms with Gasteiger partial charge in [-0.25, -0.2) is 0 Å². The van der Waals surface area contributed by atoms with Crippen molar-refractivity contribution in [2.24, 2.45) is 0 Å². The van der Waals surface area contributed by atoms with Gasteiger partial charge in [0.15, 0.2) is 0 Å². The maximum Gasteiger partial charge on any atom is 0.120 e. The first-order chi connectivity index (χ1) is 12.5. The number of hydrogen-bond acceptors (Lipinski definition) is 4. The van der Waals surface area contributed by atoms with Gasteiger partial charge in [0.2, 0.25) is 0 Å². The maximum atomic E-state index is 10.2. The van der Waals surface area contributed by atoms with Crippen molar-refractivity contribution in [3.63, 3.8) is 0 Å². The number of nitrogens with one attached hydrogen (secondary N) is 1. The van der Waals surface area contributed by atoms with Gasteiger partial charge in [0.05, 0.1) is 16.2 Å². The third kappa shape index (κ3) is 3.76. The molecule has 5 heteroatoms. The Morgan fingerprint density at radius 3 is 2.65 bits per heavy atom. The van der Waals surface area contributed by atoms with Crippen molar-refractivity contribution in [3.05, 3.63) is 58.7 Å². The van der Waals surface area contributed by atoms with Crippen LogP contribution in [0.15, 0.2) is 42.6 Å². The van der Waals surface area contributed by atoms with Crippen LogP contribution in [0.2, 0.25) is 5.02 Å². The van der Waals surface area contributed by atoms with Crippen LogP contribution in [-0.4, -0.2) is 28.1 Å². The summed E-state index contributed by atoms with van der Waals surface area (Å²) in [5.74, 6) is 0.316. The molecule has 0 spiro atoms. The van der Waals surface area contributed by atoms with Crippen LogP contribution in [0, 0.1) is 6.92 Å². The minimum Gasteiger partial charge on any atom is -0.508 e. The Kier molecular flexibility index (Phi) is 5.64. The second-order valence-electron chi connectivity index (χ2n) is 6.38. The summed E-state index contributed by atoms with van der Waals surface area (Å²) in [6.45, 7) is 8.85. The molecule has 3 aromatic rings. The molecule has 0 aliphatic heterocycles. The van der Waals surface area contributed by atoms with Crippen LogP contribution in [-0.2, 0) is 6.54 Å². The number of aromatic nitrogens is 1. The minimum atomic E-state index is 0.316. The third-order valence-electron chi connectivity index (χ3n) is 4.67. The van der Waals surface area contributed by atoms with Crippen LogP contribution in [0.1, 0.15) is 25.0 Å². The van der Waals surface area contributed by atoms with Crippen LogP contribution in [0.3, 0.4) is 0 Å². The number of phenolic OH excluding ortho intramolecular Hbond substituents is 1. The third-order valence-corrected chi connectivity index (χ3v) is 4.99. The molecule has 0 radical (unpaired) electrons. The Balaban J connectivity index is 2.00. The molecule has 4 nitrogen and oxygen atoms in total. The van der Waals surface area contributed by atoms with Crippen LogP contribution in [0.5, 0.6) is 5.75 Å². The summed E-state index contributed by atoms with van der Waals surface area (Å²) in [6, 6.07) is 11.3. The van der Waals surface area contributed by atoms with Crippen LogP contribution in [0.25, 0.3) is 10.9 Å². The van der Waals surface area contributed by atoms with Crippen molar-refractivity contribution >= 4 is 33.9 Å². The van der Waals surface area contributed by atoms with Gasteiger partial charge in [-0.3, -0.25) is 9.88 Å². The van der Waals surface area contributed by atoms with Gasteiger partial charge in [0.1, 0.15) is 5.75 Å². The lowest BCUT2D eigenvalue weighted by atomic mass is 10.1. The van der Waals surface area contributed by atoms with E-state index in [0.717, 1.165) is 46.5 Å². The van der Waals surface area contributed by atoms with Gasteiger partial charge < -0.3 is 10.4 Å². The number of aromatic hydroxyl groups is 1. The van der Waals surface area contributed by atoms with E-state index >= 15 is 0 Å². The number of benzene rings is 2. The zero-order chi connectivity index (χ0) is 18.7. The molecule has 0 atom stereocenters. The molecule has 0 amide bonds. The summed E-state index contributed by atoms with van der Waals surface area (Å²) >= 11 is 6.44. The Morgan fingerprint density at radius 2 is 1.92 bits per heavy atom. The van der Waals surface area contributed by atoms with Crippen molar-refractivity contribution < 1.29 is 5.11 Å². The molecule has 0 aliphatic carbocycles. The Morgan fingerprint density at radius 1 is 1.15 bits per heavy atom. The highest BCUT2D eigenvalue weighted by Gasteiger charge is 2.12. The standard InChI is InChI=1S/C21H24ClN3O/c1-4-25(5-2)13-15-11-16(9-10-19(15)26)24-21-14(3)12-23-18-8-6-7-17(22)20(18)21/h6-12,26H,4-5,13H2,1-3H3,(H,23,24). The lowest BCUT2D eigenvalue weighted by molar-refractivity contribution is 0.291. The first-order valence-corrected chi connectivity index (χ1v) is 9.26. The largest absolute Gasteiger partial charge is 0.508 e. The second-order valence-corrected chi connectivity index (χ2v) is 6.79. The van der Waals surface area contributed by atoms with Crippen molar-refractivity contribution in [3.8, 4) is 5.75 Å². The predicted molar refractivity (Wildman–Crippen MR) is 110 cm³/mol.